The highest BCUT2D eigenvalue weighted by Gasteiger charge is 2.04. The predicted molar refractivity (Wildman–Crippen MR) is 78.3 cm³/mol. The fourth-order valence-electron chi connectivity index (χ4n) is 1.87. The van der Waals surface area contributed by atoms with Crippen LogP contribution in [0.25, 0.3) is 11.0 Å². The van der Waals surface area contributed by atoms with Crippen LogP contribution in [0, 0.1) is 6.92 Å². The van der Waals surface area contributed by atoms with Crippen LogP contribution in [0.2, 0.25) is 0 Å². The van der Waals surface area contributed by atoms with E-state index in [0.717, 1.165) is 27.1 Å². The van der Waals surface area contributed by atoms with Crippen molar-refractivity contribution in [1.29, 1.82) is 0 Å². The van der Waals surface area contributed by atoms with E-state index in [1.165, 1.54) is 5.56 Å². The summed E-state index contributed by atoms with van der Waals surface area (Å²) in [5.41, 5.74) is 4.23. The van der Waals surface area contributed by atoms with Crippen molar-refractivity contribution in [3.05, 3.63) is 52.5 Å². The highest BCUT2D eigenvalue weighted by Crippen LogP contribution is 2.25. The van der Waals surface area contributed by atoms with E-state index in [2.05, 4.69) is 50.3 Å². The van der Waals surface area contributed by atoms with Crippen LogP contribution in [0.3, 0.4) is 0 Å². The summed E-state index contributed by atoms with van der Waals surface area (Å²) in [5.74, 6) is 0.752. The van der Waals surface area contributed by atoms with Crippen LogP contribution in [-0.4, -0.2) is 9.97 Å². The van der Waals surface area contributed by atoms with Gasteiger partial charge in [0.15, 0.2) is 0 Å². The highest BCUT2D eigenvalue weighted by atomic mass is 79.9. The molecule has 2 aromatic carbocycles. The quantitative estimate of drug-likeness (QED) is 0.737. The van der Waals surface area contributed by atoms with Crippen molar-refractivity contribution < 1.29 is 0 Å². The number of aromatic amines is 1. The van der Waals surface area contributed by atoms with Gasteiger partial charge in [0.2, 0.25) is 5.95 Å². The third-order valence-electron chi connectivity index (χ3n) is 2.76. The van der Waals surface area contributed by atoms with Gasteiger partial charge in [0.25, 0.3) is 0 Å². The fourth-order valence-corrected chi connectivity index (χ4v) is 2.26. The minimum Gasteiger partial charge on any atom is -0.325 e. The number of anilines is 2. The van der Waals surface area contributed by atoms with E-state index in [1.54, 1.807) is 0 Å². The standard InChI is InChI=1S/C14H12BrN3/c1-9-6-7-12-13(8-9)18-14(17-12)16-11-5-3-2-4-10(11)15/h2-8H,1H3,(H2,16,17,18). The number of fused-ring (bicyclic) bond motifs is 1. The summed E-state index contributed by atoms with van der Waals surface area (Å²) in [4.78, 5) is 7.77. The van der Waals surface area contributed by atoms with Crippen LogP contribution in [0.5, 0.6) is 0 Å². The zero-order chi connectivity index (χ0) is 12.5. The van der Waals surface area contributed by atoms with Crippen LogP contribution < -0.4 is 5.32 Å². The molecule has 1 heterocycles. The van der Waals surface area contributed by atoms with Gasteiger partial charge in [0, 0.05) is 4.47 Å². The second kappa shape index (κ2) is 4.46. The van der Waals surface area contributed by atoms with E-state index >= 15 is 0 Å². The zero-order valence-corrected chi connectivity index (χ0v) is 11.5. The Morgan fingerprint density at radius 1 is 1.17 bits per heavy atom. The lowest BCUT2D eigenvalue weighted by molar-refractivity contribution is 1.31. The average Bonchev–Trinajstić information content (AvgIpc) is 2.73. The van der Waals surface area contributed by atoms with Gasteiger partial charge in [0.1, 0.15) is 0 Å². The molecule has 2 N–H and O–H groups in total. The van der Waals surface area contributed by atoms with Crippen molar-refractivity contribution in [2.24, 2.45) is 0 Å². The summed E-state index contributed by atoms with van der Waals surface area (Å²) < 4.78 is 1.02. The Kier molecular flexibility index (Phi) is 2.80. The van der Waals surface area contributed by atoms with Crippen LogP contribution in [0.15, 0.2) is 46.9 Å². The number of aromatic nitrogens is 2. The number of hydrogen-bond acceptors (Lipinski definition) is 2. The van der Waals surface area contributed by atoms with E-state index in [-0.39, 0.29) is 0 Å². The van der Waals surface area contributed by atoms with Crippen molar-refractivity contribution >= 4 is 38.6 Å². The van der Waals surface area contributed by atoms with Crippen LogP contribution in [0.1, 0.15) is 5.56 Å². The lowest BCUT2D eigenvalue weighted by Crippen LogP contribution is -1.92. The van der Waals surface area contributed by atoms with Gasteiger partial charge in [-0.3, -0.25) is 0 Å². The lowest BCUT2D eigenvalue weighted by Gasteiger charge is -2.04. The third kappa shape index (κ3) is 2.11. The molecular formula is C14H12BrN3. The van der Waals surface area contributed by atoms with Gasteiger partial charge in [-0.05, 0) is 52.7 Å². The number of aryl methyl sites for hydroxylation is 1. The van der Waals surface area contributed by atoms with E-state index in [9.17, 15) is 0 Å². The molecule has 0 unspecified atom stereocenters. The maximum atomic E-state index is 4.50. The molecule has 0 fully saturated rings. The Bertz CT molecular complexity index is 703. The number of hydrogen-bond donors (Lipinski definition) is 2. The van der Waals surface area contributed by atoms with Gasteiger partial charge < -0.3 is 10.3 Å². The molecule has 0 aliphatic heterocycles. The molecule has 3 rings (SSSR count). The van der Waals surface area contributed by atoms with Crippen LogP contribution in [0.4, 0.5) is 11.6 Å². The Balaban J connectivity index is 1.98. The number of H-pyrrole nitrogens is 1. The topological polar surface area (TPSA) is 40.7 Å². The Morgan fingerprint density at radius 2 is 2.00 bits per heavy atom. The summed E-state index contributed by atoms with van der Waals surface area (Å²) in [7, 11) is 0. The Morgan fingerprint density at radius 3 is 2.83 bits per heavy atom. The summed E-state index contributed by atoms with van der Waals surface area (Å²) in [5, 5.41) is 3.27. The maximum absolute atomic E-state index is 4.50. The van der Waals surface area contributed by atoms with Gasteiger partial charge in [-0.15, -0.1) is 0 Å². The second-order valence-corrected chi connectivity index (χ2v) is 5.07. The van der Waals surface area contributed by atoms with Crippen LogP contribution in [-0.2, 0) is 0 Å². The molecule has 0 aliphatic rings. The molecule has 0 radical (unpaired) electrons. The molecule has 0 saturated carbocycles. The van der Waals surface area contributed by atoms with Crippen molar-refractivity contribution in [3.63, 3.8) is 0 Å². The molecule has 0 spiro atoms. The minimum atomic E-state index is 0.752. The summed E-state index contributed by atoms with van der Waals surface area (Å²) in [6, 6.07) is 14.1. The molecule has 3 nitrogen and oxygen atoms in total. The monoisotopic (exact) mass is 301 g/mol. The first-order chi connectivity index (χ1) is 8.72. The van der Waals surface area contributed by atoms with E-state index in [1.807, 2.05) is 30.3 Å². The minimum absolute atomic E-state index is 0.752. The first-order valence-electron chi connectivity index (χ1n) is 5.70. The predicted octanol–water partition coefficient (Wildman–Crippen LogP) is 4.38. The molecule has 0 atom stereocenters. The number of imidazole rings is 1. The first-order valence-corrected chi connectivity index (χ1v) is 6.49. The molecule has 0 bridgehead atoms. The summed E-state index contributed by atoms with van der Waals surface area (Å²) >= 11 is 3.51. The number of halogens is 1. The molecule has 0 amide bonds. The summed E-state index contributed by atoms with van der Waals surface area (Å²) in [6.07, 6.45) is 0. The van der Waals surface area contributed by atoms with Gasteiger partial charge in [-0.2, -0.15) is 0 Å². The van der Waals surface area contributed by atoms with Gasteiger partial charge in [-0.1, -0.05) is 18.2 Å². The number of nitrogens with one attached hydrogen (secondary N) is 2. The largest absolute Gasteiger partial charge is 0.325 e. The number of benzene rings is 2. The first kappa shape index (κ1) is 11.3. The molecule has 1 aromatic heterocycles. The molecule has 0 aliphatic carbocycles. The second-order valence-electron chi connectivity index (χ2n) is 4.21. The van der Waals surface area contributed by atoms with Crippen LogP contribution >= 0.6 is 15.9 Å². The van der Waals surface area contributed by atoms with E-state index in [4.69, 9.17) is 0 Å². The van der Waals surface area contributed by atoms with Crippen molar-refractivity contribution in [2.75, 3.05) is 5.32 Å². The zero-order valence-electron chi connectivity index (χ0n) is 9.87. The molecule has 0 saturated heterocycles. The third-order valence-corrected chi connectivity index (χ3v) is 3.46. The highest BCUT2D eigenvalue weighted by molar-refractivity contribution is 9.10. The van der Waals surface area contributed by atoms with Crippen molar-refractivity contribution in [2.45, 2.75) is 6.92 Å². The molecular weight excluding hydrogens is 290 g/mol. The Hall–Kier alpha value is -1.81. The maximum Gasteiger partial charge on any atom is 0.205 e. The molecule has 90 valence electrons. The molecule has 4 heteroatoms. The number of para-hydroxylation sites is 1. The molecule has 3 aromatic rings. The smallest absolute Gasteiger partial charge is 0.205 e. The molecule has 18 heavy (non-hydrogen) atoms. The summed E-state index contributed by atoms with van der Waals surface area (Å²) in [6.45, 7) is 2.07. The average molecular weight is 302 g/mol. The SMILES string of the molecule is Cc1ccc2nc(Nc3ccccc3Br)[nH]c2c1. The van der Waals surface area contributed by atoms with E-state index < -0.39 is 0 Å². The van der Waals surface area contributed by atoms with Gasteiger partial charge in [0.05, 0.1) is 16.7 Å². The fraction of sp³-hybridized carbons (Fsp3) is 0.0714. The Labute approximate surface area is 113 Å². The van der Waals surface area contributed by atoms with Gasteiger partial charge >= 0.3 is 0 Å². The normalized spacial score (nSPS) is 10.8. The van der Waals surface area contributed by atoms with Gasteiger partial charge in [-0.25, -0.2) is 4.98 Å². The lowest BCUT2D eigenvalue weighted by atomic mass is 10.2. The number of nitrogens with zero attached hydrogens (tertiary/aromatic N) is 1. The van der Waals surface area contributed by atoms with E-state index in [0.29, 0.717) is 0 Å². The van der Waals surface area contributed by atoms with Crippen molar-refractivity contribution in [3.8, 4) is 0 Å². The van der Waals surface area contributed by atoms with Crippen molar-refractivity contribution in [1.82, 2.24) is 9.97 Å². The number of rotatable bonds is 2.